The van der Waals surface area contributed by atoms with Gasteiger partial charge in [0.1, 0.15) is 18.2 Å². The first kappa shape index (κ1) is 22.8. The van der Waals surface area contributed by atoms with Crippen molar-refractivity contribution in [2.24, 2.45) is 33.7 Å². The second-order valence-electron chi connectivity index (χ2n) is 11.5. The van der Waals surface area contributed by atoms with E-state index in [-0.39, 0.29) is 10.8 Å². The summed E-state index contributed by atoms with van der Waals surface area (Å²) in [5, 5.41) is 4.48. The van der Waals surface area contributed by atoms with Gasteiger partial charge in [-0.05, 0) is 88.3 Å². The average molecular weight is 454 g/mol. The highest BCUT2D eigenvalue weighted by atomic mass is 16.6. The Balaban J connectivity index is 1.20. The highest BCUT2D eigenvalue weighted by Gasteiger charge is 2.58. The normalized spacial score (nSPS) is 37.0. The molecule has 0 aromatic carbocycles. The van der Waals surface area contributed by atoms with Crippen LogP contribution in [0.2, 0.25) is 0 Å². The predicted molar refractivity (Wildman–Crippen MR) is 128 cm³/mol. The van der Waals surface area contributed by atoms with Crippen LogP contribution < -0.4 is 0 Å². The quantitative estimate of drug-likeness (QED) is 0.438. The van der Waals surface area contributed by atoms with Crippen molar-refractivity contribution in [3.05, 3.63) is 29.5 Å². The molecule has 3 unspecified atom stereocenters. The zero-order valence-electron chi connectivity index (χ0n) is 20.7. The van der Waals surface area contributed by atoms with Crippen LogP contribution in [0, 0.1) is 28.6 Å². The Morgan fingerprint density at radius 2 is 1.94 bits per heavy atom. The summed E-state index contributed by atoms with van der Waals surface area (Å²) in [6.45, 7) is 5.96. The van der Waals surface area contributed by atoms with Gasteiger partial charge in [-0.25, -0.2) is 4.98 Å². The monoisotopic (exact) mass is 453 g/mol. The summed E-state index contributed by atoms with van der Waals surface area (Å²) in [5.41, 5.74) is 2.86. The standard InChI is InChI=1S/C27H39N3O3/c1-26-12-9-19(29-32-14-11-20-16-28-25(33-20)17-30(3)4)15-18(26)5-6-21-22-7-8-24(31)27(22,2)13-10-23(21)26/h15-16,21-23H,5-14,17H2,1-4H3/b29-19-/t21?,22?,23?,26-,27-/m0/s1. The van der Waals surface area contributed by atoms with Crippen molar-refractivity contribution in [2.75, 3.05) is 20.7 Å². The van der Waals surface area contributed by atoms with Gasteiger partial charge >= 0.3 is 0 Å². The van der Waals surface area contributed by atoms with E-state index in [0.717, 1.165) is 55.9 Å². The summed E-state index contributed by atoms with van der Waals surface area (Å²) in [6.07, 6.45) is 13.5. The van der Waals surface area contributed by atoms with Crippen LogP contribution in [0.1, 0.15) is 76.9 Å². The van der Waals surface area contributed by atoms with Crippen molar-refractivity contribution in [1.82, 2.24) is 9.88 Å². The Kier molecular flexibility index (Phi) is 6.00. The summed E-state index contributed by atoms with van der Waals surface area (Å²) in [4.78, 5) is 24.6. The number of allylic oxidation sites excluding steroid dienone is 2. The third-order valence-corrected chi connectivity index (χ3v) is 9.36. The van der Waals surface area contributed by atoms with Crippen molar-refractivity contribution < 1.29 is 14.0 Å². The van der Waals surface area contributed by atoms with Gasteiger partial charge in [0.25, 0.3) is 0 Å². The Bertz CT molecular complexity index is 964. The van der Waals surface area contributed by atoms with Crippen LogP contribution >= 0.6 is 0 Å². The zero-order chi connectivity index (χ0) is 23.2. The van der Waals surface area contributed by atoms with Crippen LogP contribution in [-0.4, -0.2) is 42.1 Å². The number of fused-ring (bicyclic) bond motifs is 5. The van der Waals surface area contributed by atoms with Crippen LogP contribution in [0.4, 0.5) is 0 Å². The van der Waals surface area contributed by atoms with Crippen molar-refractivity contribution in [2.45, 2.75) is 78.2 Å². The fourth-order valence-corrected chi connectivity index (χ4v) is 7.50. The van der Waals surface area contributed by atoms with Crippen LogP contribution in [0.5, 0.6) is 0 Å². The Labute approximate surface area is 197 Å². The molecule has 5 rings (SSSR count). The molecule has 3 fully saturated rings. The second-order valence-corrected chi connectivity index (χ2v) is 11.5. The first-order valence-electron chi connectivity index (χ1n) is 12.8. The number of oxime groups is 1. The number of hydrogen-bond donors (Lipinski definition) is 0. The molecule has 6 nitrogen and oxygen atoms in total. The molecule has 4 aliphatic carbocycles. The summed E-state index contributed by atoms with van der Waals surface area (Å²) in [6, 6.07) is 0. The third-order valence-electron chi connectivity index (χ3n) is 9.36. The molecule has 0 saturated heterocycles. The molecule has 1 aromatic heterocycles. The van der Waals surface area contributed by atoms with Gasteiger partial charge in [-0.1, -0.05) is 24.6 Å². The summed E-state index contributed by atoms with van der Waals surface area (Å²) in [7, 11) is 4.00. The molecule has 3 saturated carbocycles. The van der Waals surface area contributed by atoms with Gasteiger partial charge in [0.2, 0.25) is 5.89 Å². The number of hydrogen-bond acceptors (Lipinski definition) is 6. The van der Waals surface area contributed by atoms with E-state index in [1.54, 1.807) is 11.8 Å². The van der Waals surface area contributed by atoms with Crippen LogP contribution in [-0.2, 0) is 22.6 Å². The summed E-state index contributed by atoms with van der Waals surface area (Å²) < 4.78 is 5.75. The Hall–Kier alpha value is -1.95. The molecule has 6 heteroatoms. The summed E-state index contributed by atoms with van der Waals surface area (Å²) in [5.74, 6) is 4.15. The SMILES string of the molecule is CN(C)Cc1ncc(CCO/N=C2\C=C3CCC4C(CC[C@]5(C)C(=O)CCC45)[C@@]3(C)CC2)o1. The summed E-state index contributed by atoms with van der Waals surface area (Å²) >= 11 is 0. The van der Waals surface area contributed by atoms with E-state index in [1.165, 1.54) is 12.8 Å². The molecule has 0 aliphatic heterocycles. The molecule has 0 amide bonds. The number of Topliss-reactive ketones (excluding diaryl/α,β-unsaturated/α-hetero) is 1. The average Bonchev–Trinajstić information content (AvgIpc) is 3.34. The topological polar surface area (TPSA) is 67.9 Å². The van der Waals surface area contributed by atoms with Gasteiger partial charge in [-0.2, -0.15) is 0 Å². The lowest BCUT2D eigenvalue weighted by Gasteiger charge is -2.57. The minimum absolute atomic E-state index is 0.0371. The molecule has 4 aliphatic rings. The van der Waals surface area contributed by atoms with E-state index in [0.29, 0.717) is 43.1 Å². The maximum Gasteiger partial charge on any atom is 0.208 e. The lowest BCUT2D eigenvalue weighted by atomic mass is 9.47. The number of nitrogens with zero attached hydrogens (tertiary/aromatic N) is 3. The van der Waals surface area contributed by atoms with E-state index < -0.39 is 0 Å². The maximum atomic E-state index is 12.6. The van der Waals surface area contributed by atoms with Crippen LogP contribution in [0.3, 0.4) is 0 Å². The zero-order valence-corrected chi connectivity index (χ0v) is 20.7. The van der Waals surface area contributed by atoms with Crippen LogP contribution in [0.25, 0.3) is 0 Å². The fraction of sp³-hybridized carbons (Fsp3) is 0.741. The fourth-order valence-electron chi connectivity index (χ4n) is 7.50. The number of carbonyl (C=O) groups excluding carboxylic acids is 1. The molecule has 0 N–H and O–H groups in total. The Morgan fingerprint density at radius 3 is 2.76 bits per heavy atom. The number of aromatic nitrogens is 1. The maximum absolute atomic E-state index is 12.6. The largest absolute Gasteiger partial charge is 0.444 e. The molecule has 33 heavy (non-hydrogen) atoms. The van der Waals surface area contributed by atoms with Gasteiger partial charge < -0.3 is 14.2 Å². The highest BCUT2D eigenvalue weighted by Crippen LogP contribution is 2.64. The van der Waals surface area contributed by atoms with Crippen molar-refractivity contribution in [1.29, 1.82) is 0 Å². The highest BCUT2D eigenvalue weighted by molar-refractivity contribution is 5.96. The van der Waals surface area contributed by atoms with Crippen molar-refractivity contribution in [3.8, 4) is 0 Å². The molecular formula is C27H39N3O3. The van der Waals surface area contributed by atoms with Crippen molar-refractivity contribution >= 4 is 11.5 Å². The molecule has 0 spiro atoms. The van der Waals surface area contributed by atoms with Gasteiger partial charge in [0, 0.05) is 18.3 Å². The second kappa shape index (κ2) is 8.68. The molecule has 0 bridgehead atoms. The Morgan fingerprint density at radius 1 is 1.12 bits per heavy atom. The molecule has 1 heterocycles. The molecular weight excluding hydrogens is 414 g/mol. The van der Waals surface area contributed by atoms with Crippen LogP contribution in [0.15, 0.2) is 27.4 Å². The molecule has 0 radical (unpaired) electrons. The number of oxazole rings is 1. The van der Waals surface area contributed by atoms with E-state index in [2.05, 4.69) is 30.1 Å². The molecule has 1 aromatic rings. The van der Waals surface area contributed by atoms with Gasteiger partial charge in [0.05, 0.1) is 18.5 Å². The molecule has 5 atom stereocenters. The number of ketones is 1. The first-order valence-corrected chi connectivity index (χ1v) is 12.8. The van der Waals surface area contributed by atoms with E-state index in [9.17, 15) is 4.79 Å². The smallest absolute Gasteiger partial charge is 0.208 e. The number of rotatable bonds is 6. The third kappa shape index (κ3) is 4.09. The number of carbonyl (C=O) groups is 1. The van der Waals surface area contributed by atoms with Gasteiger partial charge in [0.15, 0.2) is 0 Å². The van der Waals surface area contributed by atoms with E-state index in [1.807, 2.05) is 19.0 Å². The minimum Gasteiger partial charge on any atom is -0.444 e. The van der Waals surface area contributed by atoms with Gasteiger partial charge in [-0.3, -0.25) is 4.79 Å². The first-order chi connectivity index (χ1) is 15.8. The minimum atomic E-state index is -0.0371. The lowest BCUT2D eigenvalue weighted by Crippen LogP contribution is -2.50. The lowest BCUT2D eigenvalue weighted by molar-refractivity contribution is -0.132. The van der Waals surface area contributed by atoms with Crippen molar-refractivity contribution in [3.63, 3.8) is 0 Å². The predicted octanol–water partition coefficient (Wildman–Crippen LogP) is 5.18. The molecule has 180 valence electrons. The van der Waals surface area contributed by atoms with E-state index >= 15 is 0 Å². The van der Waals surface area contributed by atoms with Gasteiger partial charge in [-0.15, -0.1) is 0 Å². The van der Waals surface area contributed by atoms with E-state index in [4.69, 9.17) is 9.25 Å².